The molecule has 0 aliphatic heterocycles. The average Bonchev–Trinajstić information content (AvgIpc) is 2.02. The maximum Gasteiger partial charge on any atom is 0.132 e. The molecule has 0 N–H and O–H groups in total. The van der Waals surface area contributed by atoms with E-state index in [2.05, 4.69) is 52.4 Å². The second-order valence-electron chi connectivity index (χ2n) is 6.02. The zero-order valence-electron chi connectivity index (χ0n) is 11.9. The Bertz CT molecular complexity index is 160. The van der Waals surface area contributed by atoms with E-state index >= 15 is 0 Å². The minimum atomic E-state index is -1.08. The van der Waals surface area contributed by atoms with Gasteiger partial charge in [0.25, 0.3) is 0 Å². The maximum atomic E-state index is 6.80. The minimum Gasteiger partial charge on any atom is -0.470 e. The standard InChI is InChI=1S/C8H30OSi6/c1-11(2)10-9-15(12(3)4,13(5)6)14(7)8/h11-14H,10H2,1-8H3. The molecule has 0 aromatic rings. The molecule has 0 saturated carbocycles. The van der Waals surface area contributed by atoms with E-state index in [0.29, 0.717) is 0 Å². The molecule has 0 aliphatic carbocycles. The van der Waals surface area contributed by atoms with Crippen LogP contribution in [0, 0.1) is 0 Å². The van der Waals surface area contributed by atoms with Crippen molar-refractivity contribution in [3.05, 3.63) is 0 Å². The molecule has 0 aromatic heterocycles. The first kappa shape index (κ1) is 16.3. The zero-order chi connectivity index (χ0) is 12.2. The normalized spacial score (nSPS) is 14.4. The Morgan fingerprint density at radius 1 is 0.733 bits per heavy atom. The van der Waals surface area contributed by atoms with E-state index in [9.17, 15) is 0 Å². The Morgan fingerprint density at radius 2 is 1.07 bits per heavy atom. The lowest BCUT2D eigenvalue weighted by Gasteiger charge is -2.42. The van der Waals surface area contributed by atoms with Gasteiger partial charge in [-0.2, -0.15) is 0 Å². The summed E-state index contributed by atoms with van der Waals surface area (Å²) in [6.07, 6.45) is 0. The molecule has 0 amide bonds. The van der Waals surface area contributed by atoms with Gasteiger partial charge >= 0.3 is 0 Å². The Labute approximate surface area is 106 Å². The van der Waals surface area contributed by atoms with E-state index in [-0.39, 0.29) is 17.6 Å². The lowest BCUT2D eigenvalue weighted by atomic mass is 11.9. The summed E-state index contributed by atoms with van der Waals surface area (Å²) >= 11 is 0. The summed E-state index contributed by atoms with van der Waals surface area (Å²) in [7, 11) is -1.95. The van der Waals surface area contributed by atoms with Crippen LogP contribution in [0.5, 0.6) is 0 Å². The van der Waals surface area contributed by atoms with Gasteiger partial charge in [0.15, 0.2) is 0 Å². The predicted molar refractivity (Wildman–Crippen MR) is 90.9 cm³/mol. The van der Waals surface area contributed by atoms with Crippen molar-refractivity contribution < 1.29 is 4.12 Å². The molecule has 0 spiro atoms. The van der Waals surface area contributed by atoms with Gasteiger partial charge < -0.3 is 4.12 Å². The van der Waals surface area contributed by atoms with Gasteiger partial charge in [0, 0.05) is 33.3 Å². The fourth-order valence-electron chi connectivity index (χ4n) is 2.81. The van der Waals surface area contributed by atoms with Crippen molar-refractivity contribution in [2.24, 2.45) is 0 Å². The highest BCUT2D eigenvalue weighted by atomic mass is 29.9. The monoisotopic (exact) mass is 310 g/mol. The Balaban J connectivity index is 4.80. The summed E-state index contributed by atoms with van der Waals surface area (Å²) in [6, 6.07) is 0. The minimum absolute atomic E-state index is 0.0817. The molecule has 0 aromatic carbocycles. The van der Waals surface area contributed by atoms with Gasteiger partial charge in [0.05, 0.1) is 0 Å². The Kier molecular flexibility index (Phi) is 7.44. The van der Waals surface area contributed by atoms with Crippen molar-refractivity contribution >= 4 is 49.4 Å². The van der Waals surface area contributed by atoms with Crippen LogP contribution >= 0.6 is 0 Å². The van der Waals surface area contributed by atoms with Crippen molar-refractivity contribution in [2.75, 3.05) is 0 Å². The predicted octanol–water partition coefficient (Wildman–Crippen LogP) is 0.711. The van der Waals surface area contributed by atoms with E-state index in [1.54, 1.807) is 0 Å². The molecule has 0 aliphatic rings. The SMILES string of the molecule is C[SiH](C)[SiH2]O[Si]([SiH](C)C)([SiH](C)C)[SiH](C)C. The lowest BCUT2D eigenvalue weighted by Crippen LogP contribution is -2.70. The molecular weight excluding hydrogens is 281 g/mol. The second kappa shape index (κ2) is 6.87. The van der Waals surface area contributed by atoms with Crippen molar-refractivity contribution in [1.82, 2.24) is 0 Å². The maximum absolute atomic E-state index is 6.80. The van der Waals surface area contributed by atoms with Crippen LogP contribution in [-0.2, 0) is 4.12 Å². The van der Waals surface area contributed by atoms with Crippen LogP contribution < -0.4 is 0 Å². The van der Waals surface area contributed by atoms with E-state index in [1.165, 1.54) is 0 Å². The summed E-state index contributed by atoms with van der Waals surface area (Å²) in [6.45, 7) is 19.4. The smallest absolute Gasteiger partial charge is 0.132 e. The number of hydrogen-bond donors (Lipinski definition) is 0. The second-order valence-corrected chi connectivity index (χ2v) is 49.3. The van der Waals surface area contributed by atoms with E-state index in [0.717, 1.165) is 0 Å². The van der Waals surface area contributed by atoms with E-state index in [1.807, 2.05) is 0 Å². The molecule has 92 valence electrons. The molecule has 0 fully saturated rings. The van der Waals surface area contributed by atoms with Crippen molar-refractivity contribution in [2.45, 2.75) is 52.4 Å². The van der Waals surface area contributed by atoms with Gasteiger partial charge in [0.1, 0.15) is 16.2 Å². The molecular formula is C8H30OSi6. The zero-order valence-corrected chi connectivity index (χ0v) is 19.0. The first-order valence-corrected chi connectivity index (χ1v) is 26.8. The highest BCUT2D eigenvalue weighted by Gasteiger charge is 2.45. The first-order chi connectivity index (χ1) is 6.75. The Morgan fingerprint density at radius 3 is 1.27 bits per heavy atom. The quantitative estimate of drug-likeness (QED) is 0.657. The molecule has 0 radical (unpaired) electrons. The summed E-state index contributed by atoms with van der Waals surface area (Å²) in [5, 5.41) is 0. The van der Waals surface area contributed by atoms with Crippen LogP contribution in [0.4, 0.5) is 0 Å². The highest BCUT2D eigenvalue weighted by Crippen LogP contribution is 2.18. The van der Waals surface area contributed by atoms with Crippen LogP contribution in [0.25, 0.3) is 0 Å². The molecule has 0 atom stereocenters. The van der Waals surface area contributed by atoms with Gasteiger partial charge in [-0.05, 0) is 0 Å². The van der Waals surface area contributed by atoms with Crippen LogP contribution in [0.15, 0.2) is 0 Å². The summed E-state index contributed by atoms with van der Waals surface area (Å²) < 4.78 is 6.80. The lowest BCUT2D eigenvalue weighted by molar-refractivity contribution is 0.651. The summed E-state index contributed by atoms with van der Waals surface area (Å²) in [5.41, 5.74) is 0. The topological polar surface area (TPSA) is 9.23 Å². The van der Waals surface area contributed by atoms with Crippen LogP contribution in [0.1, 0.15) is 0 Å². The van der Waals surface area contributed by atoms with Crippen molar-refractivity contribution in [3.8, 4) is 0 Å². The molecule has 1 nitrogen and oxygen atoms in total. The summed E-state index contributed by atoms with van der Waals surface area (Å²) in [5.74, 6) is 0. The van der Waals surface area contributed by atoms with E-state index in [4.69, 9.17) is 4.12 Å². The molecule has 0 unspecified atom stereocenters. The molecule has 0 saturated heterocycles. The average molecular weight is 311 g/mol. The third kappa shape index (κ3) is 4.21. The number of rotatable bonds is 6. The van der Waals surface area contributed by atoms with Crippen LogP contribution in [0.2, 0.25) is 52.4 Å². The molecule has 15 heavy (non-hydrogen) atoms. The highest BCUT2D eigenvalue weighted by molar-refractivity contribution is 7.77. The fourth-order valence-corrected chi connectivity index (χ4v) is 83.7. The third-order valence-electron chi connectivity index (χ3n) is 3.37. The van der Waals surface area contributed by atoms with Crippen molar-refractivity contribution in [3.63, 3.8) is 0 Å². The van der Waals surface area contributed by atoms with Gasteiger partial charge in [-0.1, -0.05) is 52.4 Å². The number of hydrogen-bond acceptors (Lipinski definition) is 1. The molecule has 0 rings (SSSR count). The van der Waals surface area contributed by atoms with Crippen LogP contribution in [0.3, 0.4) is 0 Å². The van der Waals surface area contributed by atoms with Crippen molar-refractivity contribution in [1.29, 1.82) is 0 Å². The van der Waals surface area contributed by atoms with Gasteiger partial charge in [-0.15, -0.1) is 0 Å². The molecule has 0 bridgehead atoms. The van der Waals surface area contributed by atoms with E-state index < -0.39 is 31.8 Å². The Hall–Kier alpha value is 1.26. The van der Waals surface area contributed by atoms with Gasteiger partial charge in [0.2, 0.25) is 0 Å². The largest absolute Gasteiger partial charge is 0.470 e. The molecule has 0 heterocycles. The first-order valence-electron chi connectivity index (χ1n) is 6.39. The third-order valence-corrected chi connectivity index (χ3v) is 72.4. The van der Waals surface area contributed by atoms with Gasteiger partial charge in [-0.25, -0.2) is 0 Å². The molecule has 7 heteroatoms. The summed E-state index contributed by atoms with van der Waals surface area (Å²) in [4.78, 5) is 0. The van der Waals surface area contributed by atoms with Gasteiger partial charge in [-0.3, -0.25) is 0 Å². The van der Waals surface area contributed by atoms with Crippen LogP contribution in [-0.4, -0.2) is 49.4 Å². The fraction of sp³-hybridized carbons (Fsp3) is 1.00.